The first-order valence-electron chi connectivity index (χ1n) is 6.52. The maximum absolute atomic E-state index is 11.7. The highest BCUT2D eigenvalue weighted by atomic mass is 16.5. The molecule has 0 unspecified atom stereocenters. The van der Waals surface area contributed by atoms with E-state index in [-0.39, 0.29) is 5.91 Å². The van der Waals surface area contributed by atoms with Crippen molar-refractivity contribution in [3.8, 4) is 0 Å². The lowest BCUT2D eigenvalue weighted by Crippen LogP contribution is -2.28. The largest absolute Gasteiger partial charge is 0.380 e. The van der Waals surface area contributed by atoms with Crippen LogP contribution in [-0.4, -0.2) is 31.2 Å². The zero-order valence-corrected chi connectivity index (χ0v) is 11.9. The van der Waals surface area contributed by atoms with Gasteiger partial charge in [0.15, 0.2) is 0 Å². The Bertz CT molecular complexity index is 467. The van der Waals surface area contributed by atoms with Gasteiger partial charge in [-0.3, -0.25) is 4.79 Å². The Hall–Kier alpha value is -2.04. The number of amides is 1. The fraction of sp³-hybridized carbons (Fsp3) is 0.500. The topological polar surface area (TPSA) is 87.1 Å². The highest BCUT2D eigenvalue weighted by molar-refractivity contribution is 5.94. The zero-order valence-electron chi connectivity index (χ0n) is 11.9. The number of hydrogen-bond acceptors (Lipinski definition) is 3. The Morgan fingerprint density at radius 1 is 1.35 bits per heavy atom. The van der Waals surface area contributed by atoms with Crippen molar-refractivity contribution >= 4 is 5.91 Å². The van der Waals surface area contributed by atoms with Crippen LogP contribution in [0.4, 0.5) is 0 Å². The van der Waals surface area contributed by atoms with Gasteiger partial charge in [0.1, 0.15) is 0 Å². The van der Waals surface area contributed by atoms with E-state index in [0.717, 1.165) is 0 Å². The Morgan fingerprint density at radius 3 is 2.70 bits per heavy atom. The molecule has 1 N–H and O–H groups in total. The molecule has 6 nitrogen and oxygen atoms in total. The molecular formula is C14H20N4O2. The van der Waals surface area contributed by atoms with Gasteiger partial charge in [0.05, 0.1) is 6.61 Å². The third kappa shape index (κ3) is 6.22. The summed E-state index contributed by atoms with van der Waals surface area (Å²) in [6, 6.07) is 9.04. The maximum Gasteiger partial charge on any atom is 0.251 e. The molecule has 0 atom stereocenters. The van der Waals surface area contributed by atoms with E-state index < -0.39 is 5.54 Å². The Morgan fingerprint density at radius 2 is 2.05 bits per heavy atom. The summed E-state index contributed by atoms with van der Waals surface area (Å²) in [6.45, 7) is 5.09. The van der Waals surface area contributed by atoms with E-state index in [1.54, 1.807) is 12.1 Å². The quantitative estimate of drug-likeness (QED) is 0.342. The predicted molar refractivity (Wildman–Crippen MR) is 77.4 cm³/mol. The molecule has 1 amide bonds. The summed E-state index contributed by atoms with van der Waals surface area (Å²) in [6.07, 6.45) is 0.643. The number of rotatable bonds is 8. The molecule has 0 fully saturated rings. The van der Waals surface area contributed by atoms with E-state index in [4.69, 9.17) is 10.3 Å². The third-order valence-electron chi connectivity index (χ3n) is 2.74. The van der Waals surface area contributed by atoms with E-state index in [1.807, 2.05) is 32.0 Å². The molecule has 1 rings (SSSR count). The van der Waals surface area contributed by atoms with E-state index >= 15 is 0 Å². The van der Waals surface area contributed by atoms with Crippen molar-refractivity contribution in [3.63, 3.8) is 0 Å². The lowest BCUT2D eigenvalue weighted by Gasteiger charge is -2.17. The number of nitrogens with zero attached hydrogens (tertiary/aromatic N) is 3. The predicted octanol–water partition coefficient (Wildman–Crippen LogP) is 2.91. The van der Waals surface area contributed by atoms with Crippen molar-refractivity contribution < 1.29 is 9.53 Å². The normalized spacial score (nSPS) is 10.7. The van der Waals surface area contributed by atoms with Crippen LogP contribution in [0.25, 0.3) is 10.4 Å². The summed E-state index contributed by atoms with van der Waals surface area (Å²) in [7, 11) is 0. The zero-order chi connectivity index (χ0) is 14.8. The molecule has 0 heterocycles. The number of benzene rings is 1. The van der Waals surface area contributed by atoms with Crippen LogP contribution in [-0.2, 0) is 4.74 Å². The number of hydrogen-bond donors (Lipinski definition) is 1. The first-order valence-corrected chi connectivity index (χ1v) is 6.52. The van der Waals surface area contributed by atoms with Crippen LogP contribution >= 0.6 is 0 Å². The minimum absolute atomic E-state index is 0.108. The van der Waals surface area contributed by atoms with Gasteiger partial charge in [0.25, 0.3) is 5.91 Å². The number of azide groups is 1. The average molecular weight is 276 g/mol. The second-order valence-corrected chi connectivity index (χ2v) is 4.99. The molecule has 1 aromatic rings. The molecular weight excluding hydrogens is 256 g/mol. The second kappa shape index (κ2) is 8.19. The van der Waals surface area contributed by atoms with Gasteiger partial charge in [-0.15, -0.1) is 0 Å². The summed E-state index contributed by atoms with van der Waals surface area (Å²) in [5.74, 6) is -0.108. The standard InChI is InChI=1S/C14H20N4O2/c1-14(2,17-18-15)8-10-20-11-9-16-13(19)12-6-4-3-5-7-12/h3-7H,8-11H2,1-2H3,(H,16,19). The summed E-state index contributed by atoms with van der Waals surface area (Å²) >= 11 is 0. The van der Waals surface area contributed by atoms with Gasteiger partial charge in [-0.25, -0.2) is 0 Å². The Balaban J connectivity index is 2.14. The SMILES string of the molecule is CC(C)(CCOCCNC(=O)c1ccccc1)N=[N+]=[N-]. The van der Waals surface area contributed by atoms with E-state index in [0.29, 0.717) is 31.7 Å². The Labute approximate surface area is 118 Å². The van der Waals surface area contributed by atoms with Crippen molar-refractivity contribution in [1.82, 2.24) is 5.32 Å². The van der Waals surface area contributed by atoms with Crippen molar-refractivity contribution in [2.24, 2.45) is 5.11 Å². The van der Waals surface area contributed by atoms with Crippen LogP contribution in [0.5, 0.6) is 0 Å². The van der Waals surface area contributed by atoms with Crippen LogP contribution in [0.1, 0.15) is 30.6 Å². The molecule has 0 radical (unpaired) electrons. The van der Waals surface area contributed by atoms with Gasteiger partial charge in [-0.2, -0.15) is 0 Å². The molecule has 0 aliphatic rings. The lowest BCUT2D eigenvalue weighted by atomic mass is 10.0. The van der Waals surface area contributed by atoms with Crippen LogP contribution in [0.15, 0.2) is 35.4 Å². The van der Waals surface area contributed by atoms with Crippen molar-refractivity contribution in [3.05, 3.63) is 46.3 Å². The number of carbonyl (C=O) groups excluding carboxylic acids is 1. The van der Waals surface area contributed by atoms with E-state index in [9.17, 15) is 4.79 Å². The lowest BCUT2D eigenvalue weighted by molar-refractivity contribution is 0.0900. The molecule has 1 aromatic carbocycles. The van der Waals surface area contributed by atoms with Crippen LogP contribution in [0.2, 0.25) is 0 Å². The van der Waals surface area contributed by atoms with Gasteiger partial charge in [0.2, 0.25) is 0 Å². The summed E-state index contributed by atoms with van der Waals surface area (Å²) in [4.78, 5) is 14.5. The molecule has 0 aromatic heterocycles. The molecule has 20 heavy (non-hydrogen) atoms. The molecule has 0 aliphatic carbocycles. The van der Waals surface area contributed by atoms with Gasteiger partial charge >= 0.3 is 0 Å². The van der Waals surface area contributed by atoms with E-state index in [1.165, 1.54) is 0 Å². The molecule has 0 aliphatic heterocycles. The fourth-order valence-corrected chi connectivity index (χ4v) is 1.52. The summed E-state index contributed by atoms with van der Waals surface area (Å²) in [5.41, 5.74) is 8.58. The summed E-state index contributed by atoms with van der Waals surface area (Å²) < 4.78 is 5.40. The number of ether oxygens (including phenoxy) is 1. The first kappa shape index (κ1) is 16.0. The monoisotopic (exact) mass is 276 g/mol. The molecule has 0 saturated heterocycles. The van der Waals surface area contributed by atoms with Crippen molar-refractivity contribution in [2.45, 2.75) is 25.8 Å². The molecule has 0 bridgehead atoms. The van der Waals surface area contributed by atoms with Crippen LogP contribution in [0.3, 0.4) is 0 Å². The first-order chi connectivity index (χ1) is 9.55. The molecule has 108 valence electrons. The van der Waals surface area contributed by atoms with Crippen LogP contribution in [0, 0.1) is 0 Å². The Kier molecular flexibility index (Phi) is 6.56. The highest BCUT2D eigenvalue weighted by Crippen LogP contribution is 2.13. The van der Waals surface area contributed by atoms with E-state index in [2.05, 4.69) is 15.3 Å². The van der Waals surface area contributed by atoms with Crippen molar-refractivity contribution in [2.75, 3.05) is 19.8 Å². The minimum atomic E-state index is -0.442. The maximum atomic E-state index is 11.7. The van der Waals surface area contributed by atoms with Gasteiger partial charge < -0.3 is 10.1 Å². The minimum Gasteiger partial charge on any atom is -0.380 e. The van der Waals surface area contributed by atoms with Gasteiger partial charge in [0, 0.05) is 29.2 Å². The molecule has 6 heteroatoms. The molecule has 0 spiro atoms. The highest BCUT2D eigenvalue weighted by Gasteiger charge is 2.14. The van der Waals surface area contributed by atoms with Gasteiger partial charge in [-0.1, -0.05) is 37.2 Å². The fourth-order valence-electron chi connectivity index (χ4n) is 1.52. The van der Waals surface area contributed by atoms with Crippen molar-refractivity contribution in [1.29, 1.82) is 0 Å². The number of carbonyl (C=O) groups is 1. The molecule has 0 saturated carbocycles. The van der Waals surface area contributed by atoms with Gasteiger partial charge in [-0.05, 0) is 24.1 Å². The summed E-state index contributed by atoms with van der Waals surface area (Å²) in [5, 5.41) is 6.45. The number of nitrogens with one attached hydrogen (secondary N) is 1. The third-order valence-corrected chi connectivity index (χ3v) is 2.74. The smallest absolute Gasteiger partial charge is 0.251 e. The second-order valence-electron chi connectivity index (χ2n) is 4.99. The van der Waals surface area contributed by atoms with Crippen LogP contribution < -0.4 is 5.32 Å². The average Bonchev–Trinajstić information content (AvgIpc) is 2.43.